The third kappa shape index (κ3) is 6.48. The van der Waals surface area contributed by atoms with E-state index in [9.17, 15) is 4.57 Å². The fourth-order valence-electron chi connectivity index (χ4n) is 3.38. The van der Waals surface area contributed by atoms with E-state index in [1.54, 1.807) is 12.1 Å². The van der Waals surface area contributed by atoms with Crippen molar-refractivity contribution in [2.24, 2.45) is 0 Å². The first kappa shape index (κ1) is 22.7. The van der Waals surface area contributed by atoms with E-state index in [4.69, 9.17) is 9.05 Å². The van der Waals surface area contributed by atoms with Crippen LogP contribution < -0.4 is 15.2 Å². The highest BCUT2D eigenvalue weighted by Gasteiger charge is 2.39. The second-order valence-electron chi connectivity index (χ2n) is 7.39. The second-order valence-corrected chi connectivity index (χ2v) is 9.43. The molecule has 0 saturated heterocycles. The predicted molar refractivity (Wildman–Crippen MR) is 135 cm³/mol. The Bertz CT molecular complexity index is 1140. The van der Waals surface area contributed by atoms with Gasteiger partial charge >= 0.3 is 7.60 Å². The van der Waals surface area contributed by atoms with Gasteiger partial charge in [0.05, 0.1) is 6.61 Å². The van der Waals surface area contributed by atoms with Gasteiger partial charge in [-0.3, -0.25) is 4.52 Å². The Morgan fingerprint density at radius 2 is 1.18 bits per heavy atom. The Morgan fingerprint density at radius 3 is 1.79 bits per heavy atom. The van der Waals surface area contributed by atoms with Crippen molar-refractivity contribution in [2.75, 3.05) is 23.8 Å². The minimum absolute atomic E-state index is 0.207. The van der Waals surface area contributed by atoms with Gasteiger partial charge in [0.25, 0.3) is 0 Å². The SMILES string of the molecule is O=P(OCCNc1ccccc1)(Oc1ccccc1)C(Nc1ccccc1)c1ccccc1. The molecule has 2 unspecified atom stereocenters. The first-order valence-corrected chi connectivity index (χ1v) is 12.5. The van der Waals surface area contributed by atoms with Crippen molar-refractivity contribution in [3.8, 4) is 5.75 Å². The molecule has 2 N–H and O–H groups in total. The molecule has 0 aliphatic rings. The lowest BCUT2D eigenvalue weighted by Gasteiger charge is -2.29. The monoisotopic (exact) mass is 458 g/mol. The summed E-state index contributed by atoms with van der Waals surface area (Å²) in [5.41, 5.74) is 2.62. The van der Waals surface area contributed by atoms with Crippen molar-refractivity contribution in [1.82, 2.24) is 0 Å². The van der Waals surface area contributed by atoms with Gasteiger partial charge in [-0.25, -0.2) is 4.57 Å². The van der Waals surface area contributed by atoms with Gasteiger partial charge in [0.2, 0.25) is 0 Å². The van der Waals surface area contributed by atoms with Crippen LogP contribution in [-0.4, -0.2) is 13.2 Å². The lowest BCUT2D eigenvalue weighted by Crippen LogP contribution is -2.19. The van der Waals surface area contributed by atoms with E-state index in [1.165, 1.54) is 0 Å². The van der Waals surface area contributed by atoms with Crippen molar-refractivity contribution < 1.29 is 13.6 Å². The number of hydrogen-bond donors (Lipinski definition) is 2. The highest BCUT2D eigenvalue weighted by Crippen LogP contribution is 2.60. The zero-order valence-electron chi connectivity index (χ0n) is 18.2. The topological polar surface area (TPSA) is 59.6 Å². The van der Waals surface area contributed by atoms with Crippen LogP contribution in [-0.2, 0) is 9.09 Å². The molecule has 4 aromatic rings. The summed E-state index contributed by atoms with van der Waals surface area (Å²) in [7, 11) is -3.71. The van der Waals surface area contributed by atoms with Gasteiger partial charge in [0, 0.05) is 17.9 Å². The van der Waals surface area contributed by atoms with Gasteiger partial charge < -0.3 is 15.2 Å². The summed E-state index contributed by atoms with van der Waals surface area (Å²) in [6, 6.07) is 38.2. The molecule has 2 atom stereocenters. The number of anilines is 2. The lowest BCUT2D eigenvalue weighted by atomic mass is 10.2. The normalized spacial score (nSPS) is 13.5. The van der Waals surface area contributed by atoms with E-state index in [-0.39, 0.29) is 6.61 Å². The van der Waals surface area contributed by atoms with Crippen LogP contribution in [0.3, 0.4) is 0 Å². The summed E-state index contributed by atoms with van der Waals surface area (Å²) >= 11 is 0. The fourth-order valence-corrected chi connectivity index (χ4v) is 5.29. The van der Waals surface area contributed by atoms with E-state index < -0.39 is 13.4 Å². The Kier molecular flexibility index (Phi) is 7.81. The highest BCUT2D eigenvalue weighted by molar-refractivity contribution is 7.54. The number of benzene rings is 4. The average molecular weight is 458 g/mol. The van der Waals surface area contributed by atoms with Gasteiger partial charge in [-0.1, -0.05) is 84.9 Å². The molecule has 0 aliphatic carbocycles. The quantitative estimate of drug-likeness (QED) is 0.184. The maximum atomic E-state index is 14.4. The molecule has 0 fully saturated rings. The minimum atomic E-state index is -3.71. The summed E-state index contributed by atoms with van der Waals surface area (Å²) < 4.78 is 26.5. The summed E-state index contributed by atoms with van der Waals surface area (Å²) in [4.78, 5) is 0. The van der Waals surface area contributed by atoms with Crippen molar-refractivity contribution in [3.63, 3.8) is 0 Å². The first-order chi connectivity index (χ1) is 16.2. The molecule has 6 heteroatoms. The number of hydrogen-bond acceptors (Lipinski definition) is 5. The van der Waals surface area contributed by atoms with E-state index in [2.05, 4.69) is 10.6 Å². The molecule has 0 radical (unpaired) electrons. The van der Waals surface area contributed by atoms with Crippen LogP contribution in [0.2, 0.25) is 0 Å². The van der Waals surface area contributed by atoms with Crippen molar-refractivity contribution in [3.05, 3.63) is 127 Å². The molecule has 0 heterocycles. The Labute approximate surface area is 194 Å². The molecule has 0 spiro atoms. The molecule has 5 nitrogen and oxygen atoms in total. The van der Waals surface area contributed by atoms with Crippen molar-refractivity contribution in [1.29, 1.82) is 0 Å². The van der Waals surface area contributed by atoms with Crippen LogP contribution in [0.1, 0.15) is 11.3 Å². The lowest BCUT2D eigenvalue weighted by molar-refractivity contribution is 0.268. The first-order valence-electron chi connectivity index (χ1n) is 10.9. The number of rotatable bonds is 11. The zero-order chi connectivity index (χ0) is 22.8. The summed E-state index contributed by atoms with van der Waals surface area (Å²) in [5.74, 6) is -0.203. The largest absolute Gasteiger partial charge is 0.423 e. The molecular weight excluding hydrogens is 431 g/mol. The molecule has 33 heavy (non-hydrogen) atoms. The Hall–Kier alpha value is -3.53. The number of para-hydroxylation sites is 3. The third-order valence-electron chi connectivity index (χ3n) is 4.96. The second kappa shape index (κ2) is 11.4. The Morgan fingerprint density at radius 1 is 0.667 bits per heavy atom. The smallest absolute Gasteiger partial charge is 0.405 e. The van der Waals surface area contributed by atoms with Crippen molar-refractivity contribution >= 4 is 19.0 Å². The molecule has 0 aromatic heterocycles. The summed E-state index contributed by atoms with van der Waals surface area (Å²) in [5, 5.41) is 6.67. The zero-order valence-corrected chi connectivity index (χ0v) is 19.1. The van der Waals surface area contributed by atoms with E-state index >= 15 is 0 Å². The highest BCUT2D eigenvalue weighted by atomic mass is 31.2. The average Bonchev–Trinajstić information content (AvgIpc) is 2.87. The van der Waals surface area contributed by atoms with Gasteiger partial charge in [-0.05, 0) is 42.0 Å². The van der Waals surface area contributed by atoms with Crippen LogP contribution in [0.15, 0.2) is 121 Å². The van der Waals surface area contributed by atoms with Crippen LogP contribution in [0.5, 0.6) is 5.75 Å². The predicted octanol–water partition coefficient (Wildman–Crippen LogP) is 7.20. The molecule has 0 aliphatic heterocycles. The molecule has 0 saturated carbocycles. The van der Waals surface area contributed by atoms with E-state index in [0.717, 1.165) is 16.9 Å². The van der Waals surface area contributed by atoms with Crippen molar-refractivity contribution in [2.45, 2.75) is 5.78 Å². The number of nitrogens with one attached hydrogen (secondary N) is 2. The maximum Gasteiger partial charge on any atom is 0.405 e. The van der Waals surface area contributed by atoms with Gasteiger partial charge in [0.1, 0.15) is 5.75 Å². The van der Waals surface area contributed by atoms with Crippen LogP contribution >= 0.6 is 7.60 Å². The third-order valence-corrected chi connectivity index (χ3v) is 7.03. The molecule has 0 amide bonds. The molecule has 168 valence electrons. The van der Waals surface area contributed by atoms with Gasteiger partial charge in [-0.15, -0.1) is 0 Å². The van der Waals surface area contributed by atoms with Gasteiger partial charge in [-0.2, -0.15) is 0 Å². The van der Waals surface area contributed by atoms with E-state index in [0.29, 0.717) is 12.3 Å². The van der Waals surface area contributed by atoms with Gasteiger partial charge in [0.15, 0.2) is 5.78 Å². The molecule has 0 bridgehead atoms. The van der Waals surface area contributed by atoms with Crippen LogP contribution in [0, 0.1) is 0 Å². The van der Waals surface area contributed by atoms with E-state index in [1.807, 2.05) is 109 Å². The molecule has 4 aromatic carbocycles. The van der Waals surface area contributed by atoms with Crippen LogP contribution in [0.25, 0.3) is 0 Å². The standard InChI is InChI=1S/C27H27N2O3P/c30-33(32-26-19-11-4-12-20-26,31-22-21-28-24-15-7-2-8-16-24)27(23-13-5-1-6-14-23)29-25-17-9-3-10-18-25/h1-20,27-29H,21-22H2. The molecular formula is C27H27N2O3P. The maximum absolute atomic E-state index is 14.4. The summed E-state index contributed by atoms with van der Waals surface area (Å²) in [6.45, 7) is 0.692. The fraction of sp³-hybridized carbons (Fsp3) is 0.111. The molecule has 4 rings (SSSR count). The van der Waals surface area contributed by atoms with Crippen LogP contribution in [0.4, 0.5) is 11.4 Å². The Balaban J connectivity index is 1.60. The summed E-state index contributed by atoms with van der Waals surface area (Å²) in [6.07, 6.45) is 0. The minimum Gasteiger partial charge on any atom is -0.423 e.